The van der Waals surface area contributed by atoms with Gasteiger partial charge >= 0.3 is 5.97 Å². The average molecular weight is 217 g/mol. The van der Waals surface area contributed by atoms with E-state index in [1.165, 1.54) is 0 Å². The maximum Gasteiger partial charge on any atom is 0.334 e. The molecule has 1 spiro atoms. The summed E-state index contributed by atoms with van der Waals surface area (Å²) < 4.78 is 5.36. The fourth-order valence-electron chi connectivity index (χ4n) is 1.92. The molecule has 2 N–H and O–H groups in total. The second-order valence-corrected chi connectivity index (χ2v) is 5.14. The van der Waals surface area contributed by atoms with E-state index in [0.717, 1.165) is 24.3 Å². The van der Waals surface area contributed by atoms with Crippen molar-refractivity contribution >= 4 is 17.7 Å². The summed E-state index contributed by atoms with van der Waals surface area (Å²) >= 11 is 1.96. The number of aliphatic carboxylic acids is 1. The van der Waals surface area contributed by atoms with Crippen molar-refractivity contribution in [2.24, 2.45) is 0 Å². The Balaban J connectivity index is 1.90. The molecule has 1 atom stereocenters. The van der Waals surface area contributed by atoms with E-state index >= 15 is 0 Å². The number of morpholine rings is 1. The van der Waals surface area contributed by atoms with E-state index in [0.29, 0.717) is 13.2 Å². The molecule has 14 heavy (non-hydrogen) atoms. The van der Waals surface area contributed by atoms with Crippen LogP contribution in [0.15, 0.2) is 0 Å². The van der Waals surface area contributed by atoms with Gasteiger partial charge in [-0.2, -0.15) is 11.8 Å². The third kappa shape index (κ3) is 2.04. The van der Waals surface area contributed by atoms with Crippen LogP contribution in [-0.4, -0.2) is 47.4 Å². The molecule has 0 aromatic heterocycles. The van der Waals surface area contributed by atoms with Gasteiger partial charge in [0.2, 0.25) is 0 Å². The quantitative estimate of drug-likeness (QED) is 0.662. The van der Waals surface area contributed by atoms with Crippen LogP contribution < -0.4 is 5.32 Å². The van der Waals surface area contributed by atoms with Crippen LogP contribution >= 0.6 is 11.8 Å². The van der Waals surface area contributed by atoms with Gasteiger partial charge in [0.05, 0.1) is 6.61 Å². The van der Waals surface area contributed by atoms with E-state index in [1.54, 1.807) is 0 Å². The monoisotopic (exact) mass is 217 g/mol. The molecule has 0 aliphatic carbocycles. The summed E-state index contributed by atoms with van der Waals surface area (Å²) in [5.41, 5.74) is 0.0667. The van der Waals surface area contributed by atoms with E-state index in [4.69, 9.17) is 9.84 Å². The van der Waals surface area contributed by atoms with E-state index in [9.17, 15) is 4.79 Å². The Morgan fingerprint density at radius 1 is 1.50 bits per heavy atom. The number of carbonyl (C=O) groups is 1. The first-order valence-corrected chi connectivity index (χ1v) is 6.05. The molecular weight excluding hydrogens is 202 g/mol. The molecule has 2 fully saturated rings. The van der Waals surface area contributed by atoms with Crippen LogP contribution in [0.4, 0.5) is 0 Å². The van der Waals surface area contributed by atoms with Crippen molar-refractivity contribution < 1.29 is 14.6 Å². The Labute approximate surface area is 87.4 Å². The Bertz CT molecular complexity index is 218. The average Bonchev–Trinajstić information content (AvgIpc) is 2.19. The summed E-state index contributed by atoms with van der Waals surface area (Å²) in [5.74, 6) is 1.43. The fraction of sp³-hybridized carbons (Fsp3) is 0.889. The van der Waals surface area contributed by atoms with Crippen LogP contribution in [0.5, 0.6) is 0 Å². The standard InChI is InChI=1S/C9H15NO3S/c11-8(12)7-5-10-9(6-13-7)1-3-14-4-2-9/h7,10H,1-6H2,(H,11,12). The van der Waals surface area contributed by atoms with Gasteiger partial charge < -0.3 is 15.2 Å². The van der Waals surface area contributed by atoms with Gasteiger partial charge in [-0.15, -0.1) is 0 Å². The van der Waals surface area contributed by atoms with Crippen LogP contribution in [0, 0.1) is 0 Å². The number of thioether (sulfide) groups is 1. The van der Waals surface area contributed by atoms with Gasteiger partial charge in [-0.25, -0.2) is 4.79 Å². The van der Waals surface area contributed by atoms with Crippen LogP contribution in [0.25, 0.3) is 0 Å². The number of nitrogens with one attached hydrogen (secondary N) is 1. The zero-order valence-corrected chi connectivity index (χ0v) is 8.81. The minimum absolute atomic E-state index is 0.0667. The molecular formula is C9H15NO3S. The van der Waals surface area contributed by atoms with Crippen LogP contribution in [0.1, 0.15) is 12.8 Å². The molecule has 2 aliphatic heterocycles. The summed E-state index contributed by atoms with van der Waals surface area (Å²) in [7, 11) is 0. The molecule has 80 valence electrons. The zero-order chi connectivity index (χ0) is 10.0. The van der Waals surface area contributed by atoms with E-state index in [1.807, 2.05) is 11.8 Å². The molecule has 0 radical (unpaired) electrons. The number of carboxylic acids is 1. The van der Waals surface area contributed by atoms with Gasteiger partial charge in [0, 0.05) is 12.1 Å². The van der Waals surface area contributed by atoms with E-state index in [2.05, 4.69) is 5.32 Å². The van der Waals surface area contributed by atoms with Crippen LogP contribution in [0.2, 0.25) is 0 Å². The number of hydrogen-bond donors (Lipinski definition) is 2. The molecule has 0 aromatic rings. The Morgan fingerprint density at radius 2 is 2.21 bits per heavy atom. The van der Waals surface area contributed by atoms with Gasteiger partial charge in [-0.3, -0.25) is 0 Å². The maximum atomic E-state index is 10.7. The number of hydrogen-bond acceptors (Lipinski definition) is 4. The number of ether oxygens (including phenoxy) is 1. The molecule has 0 bridgehead atoms. The first-order valence-electron chi connectivity index (χ1n) is 4.89. The predicted octanol–water partition coefficient (Wildman–Crippen LogP) is 0.325. The highest BCUT2D eigenvalue weighted by molar-refractivity contribution is 7.99. The SMILES string of the molecule is O=C(O)C1CNC2(CCSCC2)CO1. The molecule has 2 saturated heterocycles. The summed E-state index contributed by atoms with van der Waals surface area (Å²) in [4.78, 5) is 10.7. The molecule has 1 unspecified atom stereocenters. The van der Waals surface area contributed by atoms with Crippen molar-refractivity contribution in [2.45, 2.75) is 24.5 Å². The van der Waals surface area contributed by atoms with Crippen molar-refractivity contribution in [1.82, 2.24) is 5.32 Å². The maximum absolute atomic E-state index is 10.7. The summed E-state index contributed by atoms with van der Waals surface area (Å²) in [6.45, 7) is 0.991. The van der Waals surface area contributed by atoms with Crippen molar-refractivity contribution in [1.29, 1.82) is 0 Å². The highest BCUT2D eigenvalue weighted by Crippen LogP contribution is 2.29. The third-order valence-electron chi connectivity index (χ3n) is 2.95. The van der Waals surface area contributed by atoms with Crippen molar-refractivity contribution in [3.05, 3.63) is 0 Å². The highest BCUT2D eigenvalue weighted by atomic mass is 32.2. The molecule has 2 aliphatic rings. The Morgan fingerprint density at radius 3 is 2.71 bits per heavy atom. The minimum Gasteiger partial charge on any atom is -0.479 e. The smallest absolute Gasteiger partial charge is 0.334 e. The largest absolute Gasteiger partial charge is 0.479 e. The lowest BCUT2D eigenvalue weighted by Crippen LogP contribution is -2.60. The first kappa shape index (κ1) is 10.3. The van der Waals surface area contributed by atoms with E-state index in [-0.39, 0.29) is 5.54 Å². The molecule has 2 rings (SSSR count). The third-order valence-corrected chi connectivity index (χ3v) is 3.93. The fourth-order valence-corrected chi connectivity index (χ4v) is 3.20. The summed E-state index contributed by atoms with van der Waals surface area (Å²) in [6.07, 6.45) is 1.52. The first-order chi connectivity index (χ1) is 6.72. The highest BCUT2D eigenvalue weighted by Gasteiger charge is 2.38. The molecule has 4 nitrogen and oxygen atoms in total. The lowest BCUT2D eigenvalue weighted by molar-refractivity contribution is -0.155. The summed E-state index contributed by atoms with van der Waals surface area (Å²) in [5, 5.41) is 12.1. The predicted molar refractivity (Wildman–Crippen MR) is 54.7 cm³/mol. The van der Waals surface area contributed by atoms with Gasteiger partial charge in [0.15, 0.2) is 6.10 Å². The van der Waals surface area contributed by atoms with Crippen molar-refractivity contribution in [3.8, 4) is 0 Å². The molecule has 0 amide bonds. The molecule has 2 heterocycles. The second kappa shape index (κ2) is 4.08. The second-order valence-electron chi connectivity index (χ2n) is 3.91. The Hall–Kier alpha value is -0.260. The van der Waals surface area contributed by atoms with Crippen molar-refractivity contribution in [3.63, 3.8) is 0 Å². The van der Waals surface area contributed by atoms with Crippen molar-refractivity contribution in [2.75, 3.05) is 24.7 Å². The lowest BCUT2D eigenvalue weighted by atomic mass is 9.91. The molecule has 0 aromatic carbocycles. The van der Waals surface area contributed by atoms with Gasteiger partial charge in [-0.05, 0) is 24.3 Å². The molecule has 0 saturated carbocycles. The number of rotatable bonds is 1. The van der Waals surface area contributed by atoms with Gasteiger partial charge in [0.1, 0.15) is 0 Å². The van der Waals surface area contributed by atoms with Gasteiger partial charge in [0.25, 0.3) is 0 Å². The van der Waals surface area contributed by atoms with Gasteiger partial charge in [-0.1, -0.05) is 0 Å². The van der Waals surface area contributed by atoms with Crippen LogP contribution in [0.3, 0.4) is 0 Å². The lowest BCUT2D eigenvalue weighted by Gasteiger charge is -2.42. The van der Waals surface area contributed by atoms with Crippen LogP contribution in [-0.2, 0) is 9.53 Å². The molecule has 5 heteroatoms. The topological polar surface area (TPSA) is 58.6 Å². The minimum atomic E-state index is -0.863. The normalized spacial score (nSPS) is 31.6. The van der Waals surface area contributed by atoms with E-state index < -0.39 is 12.1 Å². The zero-order valence-electron chi connectivity index (χ0n) is 7.99. The number of carboxylic acid groups (broad SMARTS) is 1. The Kier molecular flexibility index (Phi) is 2.99. The summed E-state index contributed by atoms with van der Waals surface area (Å²) in [6, 6.07) is 0.